The number of piperazine rings is 1. The zero-order chi connectivity index (χ0) is 32.4. The van der Waals surface area contributed by atoms with Gasteiger partial charge in [0.05, 0.1) is 0 Å². The summed E-state index contributed by atoms with van der Waals surface area (Å²) in [6.45, 7) is 2.22. The first kappa shape index (κ1) is 31.4. The van der Waals surface area contributed by atoms with Crippen LogP contribution in [0, 0.1) is 5.82 Å². The van der Waals surface area contributed by atoms with Gasteiger partial charge in [0, 0.05) is 37.3 Å². The van der Waals surface area contributed by atoms with Crippen LogP contribution >= 0.6 is 0 Å². The lowest BCUT2D eigenvalue weighted by Gasteiger charge is -2.35. The number of hydrogen-bond donors (Lipinski definition) is 0. The number of carbonyl (C=O) groups excluding carboxylic acids is 2. The van der Waals surface area contributed by atoms with E-state index in [9.17, 15) is 14.0 Å². The highest BCUT2D eigenvalue weighted by molar-refractivity contribution is 5.97. The van der Waals surface area contributed by atoms with E-state index < -0.39 is 5.82 Å². The number of amides is 2. The van der Waals surface area contributed by atoms with Gasteiger partial charge in [-0.05, 0) is 53.1 Å². The summed E-state index contributed by atoms with van der Waals surface area (Å²) in [5, 5.41) is 0. The van der Waals surface area contributed by atoms with E-state index in [4.69, 9.17) is 14.2 Å². The van der Waals surface area contributed by atoms with Gasteiger partial charge in [-0.2, -0.15) is 0 Å². The molecule has 1 heterocycles. The van der Waals surface area contributed by atoms with Crippen LogP contribution < -0.4 is 14.2 Å². The molecule has 6 rings (SSSR count). The molecule has 1 aliphatic rings. The molecule has 0 spiro atoms. The molecule has 1 aliphatic heterocycles. The van der Waals surface area contributed by atoms with E-state index in [1.807, 2.05) is 91.0 Å². The third-order valence-corrected chi connectivity index (χ3v) is 7.91. The molecule has 8 heteroatoms. The molecule has 1 fully saturated rings. The fourth-order valence-electron chi connectivity index (χ4n) is 5.33. The first-order chi connectivity index (χ1) is 23.0. The van der Waals surface area contributed by atoms with Gasteiger partial charge in [0.1, 0.15) is 25.6 Å². The van der Waals surface area contributed by atoms with E-state index in [1.54, 1.807) is 21.9 Å². The van der Waals surface area contributed by atoms with E-state index in [0.29, 0.717) is 54.6 Å². The fourth-order valence-corrected chi connectivity index (χ4v) is 5.33. The van der Waals surface area contributed by atoms with Crippen molar-refractivity contribution in [3.63, 3.8) is 0 Å². The Hall–Kier alpha value is -5.63. The van der Waals surface area contributed by atoms with Gasteiger partial charge in [-0.15, -0.1) is 0 Å². The van der Waals surface area contributed by atoms with Crippen LogP contribution in [0.4, 0.5) is 4.39 Å². The Morgan fingerprint density at radius 3 is 1.32 bits per heavy atom. The number of hydrogen-bond acceptors (Lipinski definition) is 5. The topological polar surface area (TPSA) is 68.3 Å². The minimum Gasteiger partial charge on any atom is -0.485 e. The fraction of sp³-hybridized carbons (Fsp3) is 0.179. The molecule has 238 valence electrons. The predicted molar refractivity (Wildman–Crippen MR) is 177 cm³/mol. The van der Waals surface area contributed by atoms with Gasteiger partial charge in [-0.25, -0.2) is 4.39 Å². The normalized spacial score (nSPS) is 12.8. The van der Waals surface area contributed by atoms with Gasteiger partial charge in [0.15, 0.2) is 11.5 Å². The van der Waals surface area contributed by atoms with Crippen molar-refractivity contribution in [2.24, 2.45) is 0 Å². The molecule has 0 aromatic heterocycles. The lowest BCUT2D eigenvalue weighted by molar-refractivity contribution is 0.0535. The quantitative estimate of drug-likeness (QED) is 0.155. The largest absolute Gasteiger partial charge is 0.485 e. The summed E-state index contributed by atoms with van der Waals surface area (Å²) in [6, 6.07) is 38.3. The maximum Gasteiger partial charge on any atom is 0.254 e. The SMILES string of the molecule is O=C(c1ccc(F)cc1)N1CCN(C(=O)c2cc(OCc3ccccc3)c(OCc3ccccc3)c(OCc3ccccc3)c2)CC1. The van der Waals surface area contributed by atoms with Crippen molar-refractivity contribution in [1.29, 1.82) is 0 Å². The Morgan fingerprint density at radius 2 is 0.894 bits per heavy atom. The Bertz CT molecular complexity index is 1710. The van der Waals surface area contributed by atoms with Crippen molar-refractivity contribution < 1.29 is 28.2 Å². The lowest BCUT2D eigenvalue weighted by Crippen LogP contribution is -2.50. The molecular weight excluding hydrogens is 595 g/mol. The Kier molecular flexibility index (Phi) is 10.1. The molecule has 0 N–H and O–H groups in total. The van der Waals surface area contributed by atoms with Crippen LogP contribution in [0.5, 0.6) is 17.2 Å². The molecule has 7 nitrogen and oxygen atoms in total. The number of benzene rings is 5. The smallest absolute Gasteiger partial charge is 0.254 e. The number of carbonyl (C=O) groups is 2. The maximum absolute atomic E-state index is 14.0. The predicted octanol–water partition coefficient (Wildman–Crippen LogP) is 7.16. The standard InChI is InChI=1S/C39H35FN2O5/c40-34-18-16-32(17-19-34)38(43)41-20-22-42(23-21-41)39(44)33-24-35(45-26-29-10-4-1-5-11-29)37(47-28-31-14-8-3-9-15-31)36(25-33)46-27-30-12-6-2-7-13-30/h1-19,24-25H,20-23,26-28H2. The highest BCUT2D eigenvalue weighted by Crippen LogP contribution is 2.41. The number of nitrogens with zero attached hydrogens (tertiary/aromatic N) is 2. The third kappa shape index (κ3) is 8.16. The van der Waals surface area contributed by atoms with Crippen LogP contribution in [0.15, 0.2) is 127 Å². The van der Waals surface area contributed by atoms with Gasteiger partial charge in [0.2, 0.25) is 5.75 Å². The third-order valence-electron chi connectivity index (χ3n) is 7.91. The van der Waals surface area contributed by atoms with Gasteiger partial charge in [-0.1, -0.05) is 91.0 Å². The second-order valence-electron chi connectivity index (χ2n) is 11.2. The lowest BCUT2D eigenvalue weighted by atomic mass is 10.1. The highest BCUT2D eigenvalue weighted by Gasteiger charge is 2.28. The van der Waals surface area contributed by atoms with Crippen LogP contribution in [0.1, 0.15) is 37.4 Å². The van der Waals surface area contributed by atoms with Crippen molar-refractivity contribution in [3.05, 3.63) is 161 Å². The minimum absolute atomic E-state index is 0.190. The summed E-state index contributed by atoms with van der Waals surface area (Å²) in [5.74, 6) is 0.403. The van der Waals surface area contributed by atoms with Gasteiger partial charge >= 0.3 is 0 Å². The molecule has 47 heavy (non-hydrogen) atoms. The van der Waals surface area contributed by atoms with Crippen LogP contribution in [0.3, 0.4) is 0 Å². The number of halogens is 1. The highest BCUT2D eigenvalue weighted by atomic mass is 19.1. The van der Waals surface area contributed by atoms with Crippen LogP contribution in [0.2, 0.25) is 0 Å². The molecule has 0 unspecified atom stereocenters. The summed E-state index contributed by atoms with van der Waals surface area (Å²) >= 11 is 0. The molecule has 0 radical (unpaired) electrons. The zero-order valence-electron chi connectivity index (χ0n) is 25.9. The van der Waals surface area contributed by atoms with Gasteiger partial charge in [-0.3, -0.25) is 9.59 Å². The Morgan fingerprint density at radius 1 is 0.511 bits per heavy atom. The van der Waals surface area contributed by atoms with Crippen LogP contribution in [0.25, 0.3) is 0 Å². The molecule has 0 aliphatic carbocycles. The monoisotopic (exact) mass is 630 g/mol. The second-order valence-corrected chi connectivity index (χ2v) is 11.2. The zero-order valence-corrected chi connectivity index (χ0v) is 25.9. The van der Waals surface area contributed by atoms with Crippen LogP contribution in [-0.4, -0.2) is 47.8 Å². The summed E-state index contributed by atoms with van der Waals surface area (Å²) in [6.07, 6.45) is 0. The van der Waals surface area contributed by atoms with Crippen molar-refractivity contribution >= 4 is 11.8 Å². The average molecular weight is 631 g/mol. The summed E-state index contributed by atoms with van der Waals surface area (Å²) < 4.78 is 32.4. The van der Waals surface area contributed by atoms with Gasteiger partial charge < -0.3 is 24.0 Å². The van der Waals surface area contributed by atoms with E-state index in [1.165, 1.54) is 24.3 Å². The molecule has 5 aromatic rings. The molecule has 0 saturated carbocycles. The minimum atomic E-state index is -0.396. The second kappa shape index (κ2) is 15.1. The van der Waals surface area contributed by atoms with Crippen molar-refractivity contribution in [1.82, 2.24) is 9.80 Å². The van der Waals surface area contributed by atoms with Crippen molar-refractivity contribution in [2.45, 2.75) is 19.8 Å². The summed E-state index contributed by atoms with van der Waals surface area (Å²) in [7, 11) is 0. The Labute approximate surface area is 273 Å². The Balaban J connectivity index is 1.26. The summed E-state index contributed by atoms with van der Waals surface area (Å²) in [5.41, 5.74) is 3.71. The van der Waals surface area contributed by atoms with E-state index in [0.717, 1.165) is 16.7 Å². The van der Waals surface area contributed by atoms with E-state index in [-0.39, 0.29) is 31.6 Å². The average Bonchev–Trinajstić information content (AvgIpc) is 3.13. The van der Waals surface area contributed by atoms with Crippen molar-refractivity contribution in [2.75, 3.05) is 26.2 Å². The maximum atomic E-state index is 14.0. The van der Waals surface area contributed by atoms with Crippen molar-refractivity contribution in [3.8, 4) is 17.2 Å². The molecular formula is C39H35FN2O5. The van der Waals surface area contributed by atoms with Gasteiger partial charge in [0.25, 0.3) is 11.8 Å². The van der Waals surface area contributed by atoms with E-state index >= 15 is 0 Å². The molecule has 0 bridgehead atoms. The summed E-state index contributed by atoms with van der Waals surface area (Å²) in [4.78, 5) is 30.3. The molecule has 0 atom stereocenters. The number of ether oxygens (including phenoxy) is 3. The van der Waals surface area contributed by atoms with E-state index in [2.05, 4.69) is 0 Å². The molecule has 1 saturated heterocycles. The first-order valence-corrected chi connectivity index (χ1v) is 15.6. The molecule has 5 aromatic carbocycles. The first-order valence-electron chi connectivity index (χ1n) is 15.6. The molecule has 2 amide bonds. The number of rotatable bonds is 11. The van der Waals surface area contributed by atoms with Crippen LogP contribution in [-0.2, 0) is 19.8 Å².